The van der Waals surface area contributed by atoms with Crippen molar-refractivity contribution < 1.29 is 9.47 Å². The molecule has 0 amide bonds. The van der Waals surface area contributed by atoms with Gasteiger partial charge in [-0.25, -0.2) is 0 Å². The van der Waals surface area contributed by atoms with Gasteiger partial charge in [0, 0.05) is 10.8 Å². The molecule has 3 unspecified atom stereocenters. The quantitative estimate of drug-likeness (QED) is 0.536. The lowest BCUT2D eigenvalue weighted by atomic mass is 9.75. The minimum absolute atomic E-state index is 0.246. The lowest BCUT2D eigenvalue weighted by Crippen LogP contribution is -2.39. The summed E-state index contributed by atoms with van der Waals surface area (Å²) in [5.74, 6) is 2.64. The smallest absolute Gasteiger partial charge is 0.161 e. The van der Waals surface area contributed by atoms with E-state index in [0.717, 1.165) is 11.5 Å². The van der Waals surface area contributed by atoms with E-state index in [1.807, 2.05) is 0 Å². The Labute approximate surface area is 177 Å². The van der Waals surface area contributed by atoms with Gasteiger partial charge in [-0.1, -0.05) is 55.3 Å². The topological polar surface area (TPSA) is 18.5 Å². The molecule has 0 bridgehead atoms. The minimum atomic E-state index is 0.246. The van der Waals surface area contributed by atoms with Crippen molar-refractivity contribution in [3.8, 4) is 11.5 Å². The Hall–Kier alpha value is -1.52. The molecular weight excluding hydrogens is 384 g/mol. The molecule has 1 saturated carbocycles. The summed E-state index contributed by atoms with van der Waals surface area (Å²) in [6.07, 6.45) is 10.0. The summed E-state index contributed by atoms with van der Waals surface area (Å²) in [5, 5.41) is 0. The van der Waals surface area contributed by atoms with Gasteiger partial charge in [0.05, 0.1) is 18.3 Å². The molecule has 0 N–H and O–H groups in total. The molecule has 4 heteroatoms. The molecule has 2 aromatic rings. The highest BCUT2D eigenvalue weighted by atomic mass is 32.2. The third-order valence-corrected chi connectivity index (χ3v) is 9.49. The van der Waals surface area contributed by atoms with Gasteiger partial charge in [0.15, 0.2) is 11.5 Å². The van der Waals surface area contributed by atoms with Crippen LogP contribution in [-0.4, -0.2) is 24.6 Å². The molecule has 0 radical (unpaired) electrons. The van der Waals surface area contributed by atoms with Crippen molar-refractivity contribution in [2.45, 2.75) is 35.7 Å². The van der Waals surface area contributed by atoms with E-state index >= 15 is 0 Å². The molecule has 0 aromatic heterocycles. The molecule has 2 nitrogen and oxygen atoms in total. The highest BCUT2D eigenvalue weighted by Gasteiger charge is 2.48. The second-order valence-electron chi connectivity index (χ2n) is 7.51. The molecule has 2 aromatic carbocycles. The van der Waals surface area contributed by atoms with Gasteiger partial charge in [-0.3, -0.25) is 0 Å². The summed E-state index contributed by atoms with van der Waals surface area (Å²) < 4.78 is 11.3. The van der Waals surface area contributed by atoms with Crippen LogP contribution in [0.5, 0.6) is 11.5 Å². The predicted octanol–water partition coefficient (Wildman–Crippen LogP) is 6.82. The van der Waals surface area contributed by atoms with Gasteiger partial charge in [0.2, 0.25) is 0 Å². The molecule has 1 fully saturated rings. The first-order valence-corrected chi connectivity index (χ1v) is 12.0. The lowest BCUT2D eigenvalue weighted by Gasteiger charge is -2.49. The number of ether oxygens (including phenoxy) is 2. The van der Waals surface area contributed by atoms with E-state index in [4.69, 9.17) is 9.47 Å². The van der Waals surface area contributed by atoms with E-state index in [1.54, 1.807) is 14.2 Å². The van der Waals surface area contributed by atoms with Crippen molar-refractivity contribution in [3.63, 3.8) is 0 Å². The number of thioether (sulfide) groups is 2. The van der Waals surface area contributed by atoms with Gasteiger partial charge in [0.1, 0.15) is 0 Å². The van der Waals surface area contributed by atoms with E-state index in [2.05, 4.69) is 84.4 Å². The number of hydrogen-bond acceptors (Lipinski definition) is 4. The summed E-state index contributed by atoms with van der Waals surface area (Å²) in [6.45, 7) is 0. The highest BCUT2D eigenvalue weighted by molar-refractivity contribution is 8.22. The third kappa shape index (κ3) is 3.57. The minimum Gasteiger partial charge on any atom is -0.493 e. The Morgan fingerprint density at radius 2 is 1.79 bits per heavy atom. The van der Waals surface area contributed by atoms with Crippen LogP contribution >= 0.6 is 23.5 Å². The van der Waals surface area contributed by atoms with Crippen LogP contribution in [0.15, 0.2) is 54.6 Å². The zero-order chi connectivity index (χ0) is 19.6. The van der Waals surface area contributed by atoms with Crippen LogP contribution < -0.4 is 9.47 Å². The molecular formula is C24H28O2S2. The van der Waals surface area contributed by atoms with Crippen molar-refractivity contribution in [2.75, 3.05) is 20.5 Å². The Balaban J connectivity index is 1.82. The number of fused-ring (bicyclic) bond motifs is 1. The first-order valence-electron chi connectivity index (χ1n) is 9.94. The van der Waals surface area contributed by atoms with Crippen LogP contribution in [0.4, 0.5) is 0 Å². The Bertz CT molecular complexity index is 849. The molecule has 0 saturated heterocycles. The van der Waals surface area contributed by atoms with Gasteiger partial charge in [-0.2, -0.15) is 0 Å². The normalized spacial score (nSPS) is 26.9. The van der Waals surface area contributed by atoms with Crippen molar-refractivity contribution in [1.82, 2.24) is 0 Å². The zero-order valence-corrected chi connectivity index (χ0v) is 18.4. The average Bonchev–Trinajstić information content (AvgIpc) is 2.78. The van der Waals surface area contributed by atoms with Crippen molar-refractivity contribution in [1.29, 1.82) is 0 Å². The molecule has 1 aliphatic carbocycles. The summed E-state index contributed by atoms with van der Waals surface area (Å²) in [6, 6.07) is 17.3. The van der Waals surface area contributed by atoms with Crippen LogP contribution in [0.1, 0.15) is 42.7 Å². The largest absolute Gasteiger partial charge is 0.493 e. The van der Waals surface area contributed by atoms with Crippen molar-refractivity contribution in [2.24, 2.45) is 5.92 Å². The maximum absolute atomic E-state index is 5.61. The Kier molecular flexibility index (Phi) is 5.98. The molecule has 28 heavy (non-hydrogen) atoms. The van der Waals surface area contributed by atoms with Crippen molar-refractivity contribution >= 4 is 28.4 Å². The summed E-state index contributed by atoms with van der Waals surface area (Å²) in [7, 11) is 3.42. The number of benzene rings is 2. The van der Waals surface area contributed by atoms with Crippen LogP contribution in [0.3, 0.4) is 0 Å². The summed E-state index contributed by atoms with van der Waals surface area (Å²) in [5.41, 5.74) is 2.66. The number of allylic oxidation sites excluding steroid dienone is 1. The first kappa shape index (κ1) is 19.8. The van der Waals surface area contributed by atoms with Gasteiger partial charge < -0.3 is 9.47 Å². The van der Waals surface area contributed by atoms with Crippen LogP contribution in [-0.2, 0) is 0 Å². The zero-order valence-electron chi connectivity index (χ0n) is 16.8. The van der Waals surface area contributed by atoms with E-state index in [-0.39, 0.29) is 4.08 Å². The molecule has 2 aliphatic rings. The number of methoxy groups -OCH3 is 2. The SMILES string of the molecule is COc1ccc(C2C=C(c3ccccc3)SC3(SC)CCCCC23)cc1OC. The van der Waals surface area contributed by atoms with Gasteiger partial charge in [-0.15, -0.1) is 23.5 Å². The van der Waals surface area contributed by atoms with E-state index in [9.17, 15) is 0 Å². The molecule has 3 atom stereocenters. The van der Waals surface area contributed by atoms with Crippen molar-refractivity contribution in [3.05, 3.63) is 65.7 Å². The number of hydrogen-bond donors (Lipinski definition) is 0. The second kappa shape index (κ2) is 8.46. The predicted molar refractivity (Wildman–Crippen MR) is 123 cm³/mol. The maximum Gasteiger partial charge on any atom is 0.161 e. The van der Waals surface area contributed by atoms with Crippen LogP contribution in [0.25, 0.3) is 4.91 Å². The fourth-order valence-electron chi connectivity index (χ4n) is 4.66. The lowest BCUT2D eigenvalue weighted by molar-refractivity contribution is 0.319. The highest BCUT2D eigenvalue weighted by Crippen LogP contribution is 2.62. The molecule has 1 aliphatic heterocycles. The molecule has 0 spiro atoms. The summed E-state index contributed by atoms with van der Waals surface area (Å²) >= 11 is 4.16. The van der Waals surface area contributed by atoms with Gasteiger partial charge in [0.25, 0.3) is 0 Å². The monoisotopic (exact) mass is 412 g/mol. The van der Waals surface area contributed by atoms with Gasteiger partial charge in [-0.05, 0) is 48.3 Å². The van der Waals surface area contributed by atoms with Crippen LogP contribution in [0, 0.1) is 5.92 Å². The van der Waals surface area contributed by atoms with E-state index < -0.39 is 0 Å². The molecule has 1 heterocycles. The van der Waals surface area contributed by atoms with Gasteiger partial charge >= 0.3 is 0 Å². The molecule has 148 valence electrons. The standard InChI is InChI=1S/C24H28O2S2/c1-25-21-13-12-18(15-22(21)26-2)19-16-23(17-9-5-4-6-10-17)28-24(27-3)14-8-7-11-20(19)24/h4-6,9-10,12-13,15-16,19-20H,7-8,11,14H2,1-3H3. The second-order valence-corrected chi connectivity index (χ2v) is 10.3. The van der Waals surface area contributed by atoms with Crippen LogP contribution in [0.2, 0.25) is 0 Å². The Morgan fingerprint density at radius 3 is 2.50 bits per heavy atom. The first-order chi connectivity index (χ1) is 13.7. The van der Waals surface area contributed by atoms with E-state index in [0.29, 0.717) is 11.8 Å². The third-order valence-electron chi connectivity index (χ3n) is 6.10. The average molecular weight is 413 g/mol. The Morgan fingerprint density at radius 1 is 1.00 bits per heavy atom. The fraction of sp³-hybridized carbons (Fsp3) is 0.417. The fourth-order valence-corrected chi connectivity index (χ4v) is 7.68. The maximum atomic E-state index is 5.61. The van der Waals surface area contributed by atoms with E-state index in [1.165, 1.54) is 41.7 Å². The number of rotatable bonds is 5. The summed E-state index contributed by atoms with van der Waals surface area (Å²) in [4.78, 5) is 1.41. The molecule has 4 rings (SSSR count).